The van der Waals surface area contributed by atoms with Gasteiger partial charge in [0.1, 0.15) is 6.33 Å². The Bertz CT molecular complexity index is 149. The van der Waals surface area contributed by atoms with E-state index in [4.69, 9.17) is 5.73 Å². The van der Waals surface area contributed by atoms with Gasteiger partial charge in [-0.1, -0.05) is 0 Å². The van der Waals surface area contributed by atoms with E-state index in [1.54, 1.807) is 12.4 Å². The third-order valence-corrected chi connectivity index (χ3v) is 0.773. The minimum atomic E-state index is 0.840. The first-order valence-corrected chi connectivity index (χ1v) is 2.23. The summed E-state index contributed by atoms with van der Waals surface area (Å²) in [6, 6.07) is 0. The molecule has 0 amide bonds. The maximum Gasteiger partial charge on any atom is 0.115 e. The Hall–Kier alpha value is -0.960. The first-order chi connectivity index (χ1) is 3.93. The molecule has 1 heterocycles. The van der Waals surface area contributed by atoms with Gasteiger partial charge < -0.3 is 5.73 Å². The number of nitrogens with two attached hydrogens (primary N) is 1. The van der Waals surface area contributed by atoms with Crippen molar-refractivity contribution in [1.82, 2.24) is 9.97 Å². The van der Waals surface area contributed by atoms with Crippen molar-refractivity contribution in [3.05, 3.63) is 30.8 Å². The maximum absolute atomic E-state index is 5.14. The van der Waals surface area contributed by atoms with Crippen LogP contribution < -0.4 is 5.73 Å². The zero-order valence-corrected chi connectivity index (χ0v) is 4.28. The highest BCUT2D eigenvalue weighted by Crippen LogP contribution is 1.89. The van der Waals surface area contributed by atoms with E-state index in [0.717, 1.165) is 5.56 Å². The summed E-state index contributed by atoms with van der Waals surface area (Å²) in [5.41, 5.74) is 5.99. The number of hydrogen-bond donors (Lipinski definition) is 1. The molecule has 3 heteroatoms. The van der Waals surface area contributed by atoms with Crippen LogP contribution in [0.25, 0.3) is 0 Å². The predicted molar refractivity (Wildman–Crippen MR) is 29.6 cm³/mol. The summed E-state index contributed by atoms with van der Waals surface area (Å²) in [5, 5.41) is 0. The van der Waals surface area contributed by atoms with E-state index in [1.165, 1.54) is 12.9 Å². The van der Waals surface area contributed by atoms with Crippen LogP contribution in [0.5, 0.6) is 0 Å². The van der Waals surface area contributed by atoms with Crippen LogP contribution in [0.15, 0.2) is 18.7 Å². The Kier molecular flexibility index (Phi) is 1.54. The third-order valence-electron chi connectivity index (χ3n) is 0.773. The monoisotopic (exact) mass is 108 g/mol. The van der Waals surface area contributed by atoms with Crippen molar-refractivity contribution in [1.29, 1.82) is 0 Å². The topological polar surface area (TPSA) is 51.8 Å². The molecule has 0 spiro atoms. The minimum Gasteiger partial charge on any atom is -0.322 e. The molecule has 2 N–H and O–H groups in total. The van der Waals surface area contributed by atoms with E-state index in [1.807, 2.05) is 0 Å². The molecule has 1 rings (SSSR count). The fraction of sp³-hybridized carbons (Fsp3) is 0. The Labute approximate surface area is 47.6 Å². The molecule has 1 radical (unpaired) electrons. The van der Waals surface area contributed by atoms with Crippen LogP contribution in [-0.4, -0.2) is 9.97 Å². The van der Waals surface area contributed by atoms with Gasteiger partial charge in [-0.2, -0.15) is 0 Å². The number of aromatic nitrogens is 2. The summed E-state index contributed by atoms with van der Waals surface area (Å²) < 4.78 is 0. The Morgan fingerprint density at radius 2 is 2.00 bits per heavy atom. The van der Waals surface area contributed by atoms with E-state index in [2.05, 4.69) is 9.97 Å². The van der Waals surface area contributed by atoms with Crippen molar-refractivity contribution < 1.29 is 0 Å². The second kappa shape index (κ2) is 2.37. The van der Waals surface area contributed by atoms with E-state index < -0.39 is 0 Å². The van der Waals surface area contributed by atoms with E-state index >= 15 is 0 Å². The van der Waals surface area contributed by atoms with Crippen LogP contribution in [0, 0.1) is 6.54 Å². The van der Waals surface area contributed by atoms with Crippen LogP contribution in [-0.2, 0) is 0 Å². The van der Waals surface area contributed by atoms with Gasteiger partial charge in [-0.3, -0.25) is 0 Å². The molecular formula is C5H6N3. The number of rotatable bonds is 1. The summed E-state index contributed by atoms with van der Waals surface area (Å²) in [4.78, 5) is 7.47. The Morgan fingerprint density at radius 1 is 1.38 bits per heavy atom. The quantitative estimate of drug-likeness (QED) is 0.548. The number of hydrogen-bond acceptors (Lipinski definition) is 3. The van der Waals surface area contributed by atoms with Gasteiger partial charge in [-0.15, -0.1) is 0 Å². The second-order valence-electron chi connectivity index (χ2n) is 1.34. The third kappa shape index (κ3) is 1.01. The summed E-state index contributed by atoms with van der Waals surface area (Å²) in [6.07, 6.45) is 4.76. The second-order valence-corrected chi connectivity index (χ2v) is 1.34. The summed E-state index contributed by atoms with van der Waals surface area (Å²) >= 11 is 0. The van der Waals surface area contributed by atoms with Crippen molar-refractivity contribution in [2.75, 3.05) is 0 Å². The molecule has 0 aliphatic heterocycles. The maximum atomic E-state index is 5.14. The molecule has 1 aromatic rings. The molecule has 0 aliphatic rings. The first kappa shape index (κ1) is 5.18. The van der Waals surface area contributed by atoms with Crippen molar-refractivity contribution in [3.63, 3.8) is 0 Å². The van der Waals surface area contributed by atoms with Crippen molar-refractivity contribution in [2.24, 2.45) is 5.73 Å². The molecule has 0 aromatic carbocycles. The molecule has 0 aliphatic carbocycles. The molecule has 3 nitrogen and oxygen atoms in total. The van der Waals surface area contributed by atoms with Gasteiger partial charge in [0.05, 0.1) is 6.54 Å². The molecule has 0 saturated heterocycles. The summed E-state index contributed by atoms with van der Waals surface area (Å²) in [6.45, 7) is 1.46. The fourth-order valence-electron chi connectivity index (χ4n) is 0.397. The highest BCUT2D eigenvalue weighted by molar-refractivity contribution is 5.10. The molecule has 0 unspecified atom stereocenters. The normalized spacial score (nSPS) is 9.12. The molecule has 41 valence electrons. The van der Waals surface area contributed by atoms with Crippen LogP contribution in [0.1, 0.15) is 5.56 Å². The predicted octanol–water partition coefficient (Wildman–Crippen LogP) is -0.0548. The van der Waals surface area contributed by atoms with E-state index in [0.29, 0.717) is 0 Å². The average Bonchev–Trinajstić information content (AvgIpc) is 1.90. The smallest absolute Gasteiger partial charge is 0.115 e. The first-order valence-electron chi connectivity index (χ1n) is 2.23. The van der Waals surface area contributed by atoms with Gasteiger partial charge >= 0.3 is 0 Å². The summed E-state index contributed by atoms with van der Waals surface area (Å²) in [7, 11) is 0. The lowest BCUT2D eigenvalue weighted by molar-refractivity contribution is 1.12. The van der Waals surface area contributed by atoms with Crippen molar-refractivity contribution in [2.45, 2.75) is 0 Å². The molecule has 0 atom stereocenters. The lowest BCUT2D eigenvalue weighted by Crippen LogP contribution is -1.93. The summed E-state index contributed by atoms with van der Waals surface area (Å²) in [5.74, 6) is 0. The zero-order valence-electron chi connectivity index (χ0n) is 4.28. The van der Waals surface area contributed by atoms with Gasteiger partial charge in [-0.25, -0.2) is 9.97 Å². The fourth-order valence-corrected chi connectivity index (χ4v) is 0.397. The van der Waals surface area contributed by atoms with Crippen LogP contribution in [0.3, 0.4) is 0 Å². The van der Waals surface area contributed by atoms with Crippen LogP contribution in [0.4, 0.5) is 0 Å². The average molecular weight is 108 g/mol. The van der Waals surface area contributed by atoms with E-state index in [9.17, 15) is 0 Å². The van der Waals surface area contributed by atoms with Gasteiger partial charge in [0.15, 0.2) is 0 Å². The SMILES string of the molecule is N[CH]c1cncnc1. The van der Waals surface area contributed by atoms with Gasteiger partial charge in [0, 0.05) is 18.0 Å². The Morgan fingerprint density at radius 3 is 2.38 bits per heavy atom. The standard InChI is InChI=1S/C5H6N3/c6-1-5-2-7-4-8-3-5/h1-4H,6H2. The zero-order chi connectivity index (χ0) is 5.82. The molecule has 8 heavy (non-hydrogen) atoms. The highest BCUT2D eigenvalue weighted by Gasteiger charge is 1.83. The molecule has 0 bridgehead atoms. The molecular weight excluding hydrogens is 102 g/mol. The lowest BCUT2D eigenvalue weighted by atomic mass is 10.4. The van der Waals surface area contributed by atoms with Crippen LogP contribution in [0.2, 0.25) is 0 Å². The molecule has 0 saturated carbocycles. The van der Waals surface area contributed by atoms with E-state index in [-0.39, 0.29) is 0 Å². The van der Waals surface area contributed by atoms with Gasteiger partial charge in [0.25, 0.3) is 0 Å². The number of nitrogens with zero attached hydrogens (tertiary/aromatic N) is 2. The minimum absolute atomic E-state index is 0.840. The lowest BCUT2D eigenvalue weighted by Gasteiger charge is -1.87. The molecule has 1 aromatic heterocycles. The Balaban J connectivity index is 2.83. The van der Waals surface area contributed by atoms with Gasteiger partial charge in [-0.05, 0) is 0 Å². The molecule has 0 fully saturated rings. The van der Waals surface area contributed by atoms with Crippen molar-refractivity contribution in [3.8, 4) is 0 Å². The van der Waals surface area contributed by atoms with Crippen LogP contribution >= 0.6 is 0 Å². The van der Waals surface area contributed by atoms with Crippen molar-refractivity contribution >= 4 is 0 Å². The van der Waals surface area contributed by atoms with Gasteiger partial charge in [0.2, 0.25) is 0 Å². The highest BCUT2D eigenvalue weighted by atomic mass is 14.8. The largest absolute Gasteiger partial charge is 0.322 e.